The van der Waals surface area contributed by atoms with Gasteiger partial charge < -0.3 is 15.0 Å². The van der Waals surface area contributed by atoms with Crippen LogP contribution in [0.4, 0.5) is 0 Å². The number of hydrogen-bond donors (Lipinski definition) is 1. The lowest BCUT2D eigenvalue weighted by Gasteiger charge is -2.47. The molecule has 0 bridgehead atoms. The highest BCUT2D eigenvalue weighted by molar-refractivity contribution is 5.93. The number of amides is 1. The lowest BCUT2D eigenvalue weighted by atomic mass is 9.78. The Bertz CT molecular complexity index is 607. The Morgan fingerprint density at radius 2 is 1.93 bits per heavy atom. The van der Waals surface area contributed by atoms with Crippen molar-refractivity contribution in [3.8, 4) is 0 Å². The smallest absolute Gasteiger partial charge is 0.251 e. The van der Waals surface area contributed by atoms with Crippen molar-refractivity contribution in [2.45, 2.75) is 69.4 Å². The summed E-state index contributed by atoms with van der Waals surface area (Å²) in [5.41, 5.74) is 0.792. The summed E-state index contributed by atoms with van der Waals surface area (Å²) < 4.78 is 6.32. The lowest BCUT2D eigenvalue weighted by Crippen LogP contribution is -2.51. The second-order valence-corrected chi connectivity index (χ2v) is 8.65. The van der Waals surface area contributed by atoms with Crippen LogP contribution < -0.4 is 5.32 Å². The summed E-state index contributed by atoms with van der Waals surface area (Å²) in [4.78, 5) is 18.9. The first-order valence-electron chi connectivity index (χ1n) is 10.8. The maximum atomic E-state index is 12.2. The van der Waals surface area contributed by atoms with E-state index in [1.807, 2.05) is 0 Å². The molecule has 3 fully saturated rings. The van der Waals surface area contributed by atoms with Gasteiger partial charge in [0.1, 0.15) is 0 Å². The highest BCUT2D eigenvalue weighted by atomic mass is 16.5. The number of aromatic nitrogens is 1. The molecule has 0 radical (unpaired) electrons. The Kier molecular flexibility index (Phi) is 6.08. The van der Waals surface area contributed by atoms with Gasteiger partial charge in [-0.3, -0.25) is 9.78 Å². The van der Waals surface area contributed by atoms with Crippen LogP contribution >= 0.6 is 0 Å². The SMILES string of the molecule is O=C(NCCC1CCOC2(CCN(C3CCCC3)CC2)C1)c1ccncc1. The van der Waals surface area contributed by atoms with Gasteiger partial charge in [0.05, 0.1) is 5.60 Å². The molecule has 5 heteroatoms. The van der Waals surface area contributed by atoms with Crippen molar-refractivity contribution in [1.82, 2.24) is 15.2 Å². The van der Waals surface area contributed by atoms with Gasteiger partial charge in [0, 0.05) is 50.2 Å². The molecule has 1 atom stereocenters. The van der Waals surface area contributed by atoms with Crippen LogP contribution in [-0.4, -0.2) is 53.7 Å². The summed E-state index contributed by atoms with van der Waals surface area (Å²) >= 11 is 0. The van der Waals surface area contributed by atoms with E-state index in [9.17, 15) is 4.79 Å². The minimum Gasteiger partial charge on any atom is -0.375 e. The van der Waals surface area contributed by atoms with Gasteiger partial charge >= 0.3 is 0 Å². The van der Waals surface area contributed by atoms with Crippen LogP contribution in [0.3, 0.4) is 0 Å². The number of nitrogens with zero attached hydrogens (tertiary/aromatic N) is 2. The zero-order chi connectivity index (χ0) is 18.5. The third-order valence-electron chi connectivity index (χ3n) is 6.93. The fraction of sp³-hybridized carbons (Fsp3) is 0.727. The van der Waals surface area contributed by atoms with Crippen molar-refractivity contribution in [1.29, 1.82) is 0 Å². The van der Waals surface area contributed by atoms with E-state index in [2.05, 4.69) is 15.2 Å². The highest BCUT2D eigenvalue weighted by Gasteiger charge is 2.41. The van der Waals surface area contributed by atoms with Gasteiger partial charge in [0.15, 0.2) is 0 Å². The molecule has 4 rings (SSSR count). The molecule has 3 aliphatic rings. The molecule has 1 amide bonds. The number of ether oxygens (including phenoxy) is 1. The standard InChI is InChI=1S/C22H33N3O2/c26-21(19-6-11-23-12-7-19)24-13-5-18-8-16-27-22(17-18)9-14-25(15-10-22)20-3-1-2-4-20/h6-7,11-12,18,20H,1-5,8-10,13-17H2,(H,24,26). The Balaban J connectivity index is 1.22. The number of rotatable bonds is 5. The number of nitrogens with one attached hydrogen (secondary N) is 1. The summed E-state index contributed by atoms with van der Waals surface area (Å²) in [6.45, 7) is 4.04. The maximum absolute atomic E-state index is 12.2. The third-order valence-corrected chi connectivity index (χ3v) is 6.93. The average molecular weight is 372 g/mol. The summed E-state index contributed by atoms with van der Waals surface area (Å²) in [7, 11) is 0. The molecular formula is C22H33N3O2. The van der Waals surface area contributed by atoms with Crippen molar-refractivity contribution >= 4 is 5.91 Å². The number of carbonyl (C=O) groups is 1. The van der Waals surface area contributed by atoms with E-state index in [1.54, 1.807) is 24.5 Å². The third kappa shape index (κ3) is 4.69. The summed E-state index contributed by atoms with van der Waals surface area (Å²) in [5, 5.41) is 3.07. The van der Waals surface area contributed by atoms with Gasteiger partial charge in [0.25, 0.3) is 5.91 Å². The van der Waals surface area contributed by atoms with Crippen LogP contribution in [0.5, 0.6) is 0 Å². The molecule has 1 saturated carbocycles. The first kappa shape index (κ1) is 18.9. The molecule has 3 heterocycles. The molecule has 1 aromatic heterocycles. The first-order chi connectivity index (χ1) is 13.2. The van der Waals surface area contributed by atoms with E-state index in [0.717, 1.165) is 38.5 Å². The molecule has 1 aromatic rings. The highest BCUT2D eigenvalue weighted by Crippen LogP contribution is 2.40. The molecular weight excluding hydrogens is 338 g/mol. The van der Waals surface area contributed by atoms with Gasteiger partial charge in [-0.15, -0.1) is 0 Å². The summed E-state index contributed by atoms with van der Waals surface area (Å²) in [5.74, 6) is 0.665. The maximum Gasteiger partial charge on any atom is 0.251 e. The van der Waals surface area contributed by atoms with Crippen molar-refractivity contribution in [3.63, 3.8) is 0 Å². The first-order valence-corrected chi connectivity index (χ1v) is 10.8. The minimum absolute atomic E-state index is 0.00374. The molecule has 27 heavy (non-hydrogen) atoms. The molecule has 2 saturated heterocycles. The second-order valence-electron chi connectivity index (χ2n) is 8.65. The fourth-order valence-electron chi connectivity index (χ4n) is 5.29. The van der Waals surface area contributed by atoms with Crippen LogP contribution in [0.15, 0.2) is 24.5 Å². The molecule has 1 aliphatic carbocycles. The predicted molar refractivity (Wildman–Crippen MR) is 106 cm³/mol. The van der Waals surface area contributed by atoms with Gasteiger partial charge in [-0.2, -0.15) is 0 Å². The average Bonchev–Trinajstić information content (AvgIpc) is 3.24. The largest absolute Gasteiger partial charge is 0.375 e. The van der Waals surface area contributed by atoms with Gasteiger partial charge in [-0.05, 0) is 63.0 Å². The van der Waals surface area contributed by atoms with Crippen molar-refractivity contribution in [2.24, 2.45) is 5.92 Å². The number of piperidine rings is 1. The van der Waals surface area contributed by atoms with E-state index >= 15 is 0 Å². The van der Waals surface area contributed by atoms with E-state index in [4.69, 9.17) is 4.74 Å². The van der Waals surface area contributed by atoms with Crippen molar-refractivity contribution in [2.75, 3.05) is 26.2 Å². The van der Waals surface area contributed by atoms with Crippen LogP contribution in [0.2, 0.25) is 0 Å². The van der Waals surface area contributed by atoms with E-state index in [-0.39, 0.29) is 11.5 Å². The zero-order valence-corrected chi connectivity index (χ0v) is 16.4. The van der Waals surface area contributed by atoms with Crippen LogP contribution in [-0.2, 0) is 4.74 Å². The minimum atomic E-state index is 0.00374. The number of hydrogen-bond acceptors (Lipinski definition) is 4. The molecule has 1 unspecified atom stereocenters. The molecule has 1 spiro atoms. The predicted octanol–water partition coefficient (Wildman–Crippen LogP) is 3.41. The van der Waals surface area contributed by atoms with Crippen LogP contribution in [0, 0.1) is 5.92 Å². The Morgan fingerprint density at radius 3 is 2.67 bits per heavy atom. The van der Waals surface area contributed by atoms with Crippen LogP contribution in [0.1, 0.15) is 68.1 Å². The van der Waals surface area contributed by atoms with Gasteiger partial charge in [0.2, 0.25) is 0 Å². The normalized spacial score (nSPS) is 26.3. The molecule has 1 N–H and O–H groups in total. The fourth-order valence-corrected chi connectivity index (χ4v) is 5.29. The topological polar surface area (TPSA) is 54.5 Å². The number of pyridine rings is 1. The Labute approximate surface area is 162 Å². The Morgan fingerprint density at radius 1 is 1.19 bits per heavy atom. The van der Waals surface area contributed by atoms with E-state index in [0.29, 0.717) is 11.5 Å². The molecule has 2 aliphatic heterocycles. The molecule has 0 aromatic carbocycles. The number of likely N-dealkylation sites (tertiary alicyclic amines) is 1. The molecule has 5 nitrogen and oxygen atoms in total. The van der Waals surface area contributed by atoms with Crippen LogP contribution in [0.25, 0.3) is 0 Å². The summed E-state index contributed by atoms with van der Waals surface area (Å²) in [6, 6.07) is 4.36. The van der Waals surface area contributed by atoms with Gasteiger partial charge in [-0.1, -0.05) is 12.8 Å². The zero-order valence-electron chi connectivity index (χ0n) is 16.4. The van der Waals surface area contributed by atoms with E-state index in [1.165, 1.54) is 51.6 Å². The molecule has 148 valence electrons. The number of carbonyl (C=O) groups excluding carboxylic acids is 1. The monoisotopic (exact) mass is 371 g/mol. The van der Waals surface area contributed by atoms with E-state index < -0.39 is 0 Å². The van der Waals surface area contributed by atoms with Crippen molar-refractivity contribution in [3.05, 3.63) is 30.1 Å². The quantitative estimate of drug-likeness (QED) is 0.862. The second kappa shape index (κ2) is 8.70. The Hall–Kier alpha value is -1.46. The summed E-state index contributed by atoms with van der Waals surface area (Å²) in [6.07, 6.45) is 14.6. The van der Waals surface area contributed by atoms with Crippen molar-refractivity contribution < 1.29 is 9.53 Å². The van der Waals surface area contributed by atoms with Gasteiger partial charge in [-0.25, -0.2) is 0 Å². The lowest BCUT2D eigenvalue weighted by molar-refractivity contribution is -0.131.